The third kappa shape index (κ3) is 4.35. The number of hydrogen-bond acceptors (Lipinski definition) is 5. The van der Waals surface area contributed by atoms with Gasteiger partial charge in [0.2, 0.25) is 12.0 Å². The van der Waals surface area contributed by atoms with E-state index in [1.54, 1.807) is 11.0 Å². The molecule has 0 unspecified atom stereocenters. The number of amides is 2. The Balaban J connectivity index is 1.29. The van der Waals surface area contributed by atoms with E-state index in [4.69, 9.17) is 9.47 Å². The number of rotatable bonds is 4. The molecule has 2 aromatic carbocycles. The molecule has 7 heteroatoms. The van der Waals surface area contributed by atoms with E-state index in [9.17, 15) is 9.59 Å². The summed E-state index contributed by atoms with van der Waals surface area (Å²) < 4.78 is 11.5. The van der Waals surface area contributed by atoms with Gasteiger partial charge < -0.3 is 19.7 Å². The zero-order valence-electron chi connectivity index (χ0n) is 16.4. The minimum absolute atomic E-state index is 0.0448. The van der Waals surface area contributed by atoms with Gasteiger partial charge in [-0.2, -0.15) is 0 Å². The molecule has 0 aromatic heterocycles. The van der Waals surface area contributed by atoms with E-state index in [0.717, 1.165) is 5.69 Å². The maximum Gasteiger partial charge on any atom is 0.267 e. The summed E-state index contributed by atoms with van der Waals surface area (Å²) in [5.74, 6) is 1.15. The van der Waals surface area contributed by atoms with Crippen molar-refractivity contribution in [3.8, 4) is 11.5 Å². The Labute approximate surface area is 170 Å². The molecule has 2 atom stereocenters. The fourth-order valence-electron chi connectivity index (χ4n) is 3.61. The Morgan fingerprint density at radius 1 is 0.966 bits per heavy atom. The lowest BCUT2D eigenvalue weighted by Gasteiger charge is -2.39. The second-order valence-electron chi connectivity index (χ2n) is 7.26. The summed E-state index contributed by atoms with van der Waals surface area (Å²) >= 11 is 0. The van der Waals surface area contributed by atoms with Gasteiger partial charge in [-0.25, -0.2) is 0 Å². The number of nitrogens with one attached hydrogen (secondary N) is 1. The molecule has 1 N–H and O–H groups in total. The molecule has 0 saturated carbocycles. The molecule has 1 saturated heterocycles. The summed E-state index contributed by atoms with van der Waals surface area (Å²) in [4.78, 5) is 29.2. The van der Waals surface area contributed by atoms with Crippen molar-refractivity contribution >= 4 is 17.5 Å². The Kier molecular flexibility index (Phi) is 5.67. The molecular weight excluding hydrogens is 370 g/mol. The summed E-state index contributed by atoms with van der Waals surface area (Å²) in [6, 6.07) is 16.5. The summed E-state index contributed by atoms with van der Waals surface area (Å²) in [5.41, 5.74) is 0.785. The number of piperazine rings is 1. The van der Waals surface area contributed by atoms with Crippen LogP contribution in [0.4, 0.5) is 5.69 Å². The average molecular weight is 395 g/mol. The molecule has 0 spiro atoms. The molecule has 7 nitrogen and oxygen atoms in total. The van der Waals surface area contributed by atoms with E-state index in [0.29, 0.717) is 37.7 Å². The molecule has 29 heavy (non-hydrogen) atoms. The fourth-order valence-corrected chi connectivity index (χ4v) is 3.61. The van der Waals surface area contributed by atoms with Crippen LogP contribution in [0.15, 0.2) is 54.6 Å². The number of fused-ring (bicyclic) bond motifs is 1. The molecule has 2 heterocycles. The number of nitrogens with zero attached hydrogens (tertiary/aromatic N) is 2. The van der Waals surface area contributed by atoms with Crippen LogP contribution in [0, 0.1) is 0 Å². The molecule has 2 amide bonds. The highest BCUT2D eigenvalue weighted by molar-refractivity contribution is 5.94. The maximum atomic E-state index is 12.8. The van der Waals surface area contributed by atoms with Crippen molar-refractivity contribution < 1.29 is 19.1 Å². The molecule has 0 aliphatic carbocycles. The normalized spacial score (nSPS) is 20.0. The van der Waals surface area contributed by atoms with Gasteiger partial charge >= 0.3 is 0 Å². The minimum Gasteiger partial charge on any atom is -0.485 e. The van der Waals surface area contributed by atoms with Crippen LogP contribution in [0.5, 0.6) is 11.5 Å². The number of hydrogen-bond donors (Lipinski definition) is 1. The molecule has 2 aliphatic rings. The average Bonchev–Trinajstić information content (AvgIpc) is 2.78. The van der Waals surface area contributed by atoms with Gasteiger partial charge in [-0.3, -0.25) is 14.5 Å². The van der Waals surface area contributed by atoms with Crippen LogP contribution in [-0.4, -0.2) is 66.5 Å². The van der Waals surface area contributed by atoms with Crippen LogP contribution in [0.1, 0.15) is 6.92 Å². The quantitative estimate of drug-likeness (QED) is 0.858. The highest BCUT2D eigenvalue weighted by Crippen LogP contribution is 2.31. The lowest BCUT2D eigenvalue weighted by Crippen LogP contribution is -2.57. The van der Waals surface area contributed by atoms with Gasteiger partial charge in [-0.1, -0.05) is 30.3 Å². The second-order valence-corrected chi connectivity index (χ2v) is 7.26. The van der Waals surface area contributed by atoms with Crippen molar-refractivity contribution in [1.29, 1.82) is 0 Å². The summed E-state index contributed by atoms with van der Waals surface area (Å²) in [5, 5.41) is 2.94. The van der Waals surface area contributed by atoms with Crippen LogP contribution in [0.25, 0.3) is 0 Å². The van der Waals surface area contributed by atoms with Crippen molar-refractivity contribution in [2.24, 2.45) is 0 Å². The summed E-state index contributed by atoms with van der Waals surface area (Å²) in [6.45, 7) is 4.50. The standard InChI is InChI=1S/C22H25N3O4/c1-16(21(26)23-17-7-3-2-4-8-17)24-11-13-25(14-12-24)22(27)20-15-28-18-9-5-6-10-19(18)29-20/h2-10,16,20H,11-15H2,1H3,(H,23,26)/t16-,20-/m1/s1. The molecule has 4 rings (SSSR count). The zero-order chi connectivity index (χ0) is 20.2. The third-order valence-electron chi connectivity index (χ3n) is 5.38. The van der Waals surface area contributed by atoms with Gasteiger partial charge in [-0.05, 0) is 31.2 Å². The Hall–Kier alpha value is -3.06. The van der Waals surface area contributed by atoms with E-state index in [1.807, 2.05) is 55.5 Å². The van der Waals surface area contributed by atoms with E-state index < -0.39 is 6.10 Å². The number of benzene rings is 2. The van der Waals surface area contributed by atoms with E-state index in [2.05, 4.69) is 10.2 Å². The topological polar surface area (TPSA) is 71.1 Å². The Morgan fingerprint density at radius 3 is 2.34 bits per heavy atom. The van der Waals surface area contributed by atoms with Gasteiger partial charge in [0.25, 0.3) is 5.91 Å². The van der Waals surface area contributed by atoms with Gasteiger partial charge in [-0.15, -0.1) is 0 Å². The first-order chi connectivity index (χ1) is 14.1. The molecule has 0 radical (unpaired) electrons. The van der Waals surface area contributed by atoms with Gasteiger partial charge in [0.1, 0.15) is 6.61 Å². The second kappa shape index (κ2) is 8.53. The van der Waals surface area contributed by atoms with Crippen LogP contribution in [-0.2, 0) is 9.59 Å². The first-order valence-electron chi connectivity index (χ1n) is 9.89. The van der Waals surface area contributed by atoms with Gasteiger partial charge in [0, 0.05) is 31.9 Å². The predicted molar refractivity (Wildman–Crippen MR) is 109 cm³/mol. The molecule has 0 bridgehead atoms. The lowest BCUT2D eigenvalue weighted by atomic mass is 10.2. The fraction of sp³-hybridized carbons (Fsp3) is 0.364. The van der Waals surface area contributed by atoms with Crippen molar-refractivity contribution in [2.75, 3.05) is 38.1 Å². The van der Waals surface area contributed by atoms with E-state index in [-0.39, 0.29) is 24.5 Å². The highest BCUT2D eigenvalue weighted by Gasteiger charge is 2.34. The van der Waals surface area contributed by atoms with E-state index in [1.165, 1.54) is 0 Å². The summed E-state index contributed by atoms with van der Waals surface area (Å²) in [6.07, 6.45) is -0.629. The number of anilines is 1. The smallest absolute Gasteiger partial charge is 0.267 e. The molecule has 152 valence electrons. The minimum atomic E-state index is -0.629. The zero-order valence-corrected chi connectivity index (χ0v) is 16.4. The van der Waals surface area contributed by atoms with Crippen molar-refractivity contribution in [3.63, 3.8) is 0 Å². The first kappa shape index (κ1) is 19.3. The van der Waals surface area contributed by atoms with Crippen LogP contribution < -0.4 is 14.8 Å². The van der Waals surface area contributed by atoms with Crippen LogP contribution in [0.2, 0.25) is 0 Å². The molecule has 2 aromatic rings. The Morgan fingerprint density at radius 2 is 1.62 bits per heavy atom. The van der Waals surface area contributed by atoms with Crippen molar-refractivity contribution in [3.05, 3.63) is 54.6 Å². The van der Waals surface area contributed by atoms with Crippen LogP contribution in [0.3, 0.4) is 0 Å². The maximum absolute atomic E-state index is 12.8. The first-order valence-corrected chi connectivity index (χ1v) is 9.89. The van der Waals surface area contributed by atoms with E-state index >= 15 is 0 Å². The van der Waals surface area contributed by atoms with Gasteiger partial charge in [0.05, 0.1) is 6.04 Å². The van der Waals surface area contributed by atoms with Crippen LogP contribution >= 0.6 is 0 Å². The highest BCUT2D eigenvalue weighted by atomic mass is 16.6. The molecule has 2 aliphatic heterocycles. The summed E-state index contributed by atoms with van der Waals surface area (Å²) in [7, 11) is 0. The number of carbonyl (C=O) groups excluding carboxylic acids is 2. The monoisotopic (exact) mass is 395 g/mol. The predicted octanol–water partition coefficient (Wildman–Crippen LogP) is 2.00. The lowest BCUT2D eigenvalue weighted by molar-refractivity contribution is -0.143. The van der Waals surface area contributed by atoms with Crippen molar-refractivity contribution in [2.45, 2.75) is 19.1 Å². The number of para-hydroxylation sites is 3. The van der Waals surface area contributed by atoms with Gasteiger partial charge in [0.15, 0.2) is 11.5 Å². The SMILES string of the molecule is C[C@H](C(=O)Nc1ccccc1)N1CCN(C(=O)[C@H]2COc3ccccc3O2)CC1. The molecular formula is C22H25N3O4. The Bertz CT molecular complexity index is 865. The third-order valence-corrected chi connectivity index (χ3v) is 5.38. The number of ether oxygens (including phenoxy) is 2. The number of carbonyl (C=O) groups is 2. The molecule has 1 fully saturated rings. The van der Waals surface area contributed by atoms with Crippen molar-refractivity contribution in [1.82, 2.24) is 9.80 Å². The largest absolute Gasteiger partial charge is 0.485 e.